The molecule has 0 amide bonds. The Morgan fingerprint density at radius 2 is 1.83 bits per heavy atom. The molecule has 0 aromatic carbocycles. The van der Waals surface area contributed by atoms with Crippen molar-refractivity contribution in [2.75, 3.05) is 37.6 Å². The highest BCUT2D eigenvalue weighted by Gasteiger charge is 2.20. The van der Waals surface area contributed by atoms with Gasteiger partial charge in [0.1, 0.15) is 0 Å². The quantitative estimate of drug-likeness (QED) is 0.681. The van der Waals surface area contributed by atoms with Crippen molar-refractivity contribution in [1.29, 1.82) is 0 Å². The van der Waals surface area contributed by atoms with Gasteiger partial charge in [-0.1, -0.05) is 32.1 Å². The van der Waals surface area contributed by atoms with Crippen molar-refractivity contribution < 1.29 is 0 Å². The van der Waals surface area contributed by atoms with Gasteiger partial charge in [0, 0.05) is 44.3 Å². The van der Waals surface area contributed by atoms with Crippen molar-refractivity contribution >= 4 is 22.4 Å². The Labute approximate surface area is 143 Å². The van der Waals surface area contributed by atoms with Gasteiger partial charge in [-0.2, -0.15) is 0 Å². The topological polar surface area (TPSA) is 57.8 Å². The molecular weight excluding hydrogens is 306 g/mol. The zero-order valence-corrected chi connectivity index (χ0v) is 14.8. The van der Waals surface area contributed by atoms with E-state index < -0.39 is 0 Å². The molecule has 0 bridgehead atoms. The molecule has 23 heavy (non-hydrogen) atoms. The van der Waals surface area contributed by atoms with Gasteiger partial charge in [-0.3, -0.25) is 4.99 Å². The zero-order chi connectivity index (χ0) is 15.9. The highest BCUT2D eigenvalue weighted by Crippen LogP contribution is 2.22. The van der Waals surface area contributed by atoms with Crippen molar-refractivity contribution in [3.63, 3.8) is 0 Å². The van der Waals surface area contributed by atoms with E-state index in [-0.39, 0.29) is 0 Å². The number of rotatable bonds is 3. The summed E-state index contributed by atoms with van der Waals surface area (Å²) < 4.78 is 0. The summed E-state index contributed by atoms with van der Waals surface area (Å²) >= 11 is 1.71. The molecule has 3 rings (SSSR count). The first-order chi connectivity index (χ1) is 11.3. The second-order valence-corrected chi connectivity index (χ2v) is 7.57. The molecule has 2 aliphatic rings. The van der Waals surface area contributed by atoms with Gasteiger partial charge in [0.2, 0.25) is 0 Å². The predicted octanol–water partition coefficient (Wildman–Crippen LogP) is 2.94. The Morgan fingerprint density at radius 3 is 2.48 bits per heavy atom. The first kappa shape index (κ1) is 16.6. The molecule has 0 unspecified atom stereocenters. The molecule has 0 atom stereocenters. The first-order valence-electron chi connectivity index (χ1n) is 9.02. The summed E-state index contributed by atoms with van der Waals surface area (Å²) in [6.45, 7) is 4.76. The van der Waals surface area contributed by atoms with Gasteiger partial charge in [-0.25, -0.2) is 4.98 Å². The maximum Gasteiger partial charge on any atom is 0.191 e. The summed E-state index contributed by atoms with van der Waals surface area (Å²) in [5.41, 5.74) is 6.24. The second kappa shape index (κ2) is 8.52. The highest BCUT2D eigenvalue weighted by molar-refractivity contribution is 7.13. The fraction of sp³-hybridized carbons (Fsp3) is 0.765. The number of guanidine groups is 1. The van der Waals surface area contributed by atoms with Gasteiger partial charge in [-0.05, 0) is 18.8 Å². The minimum atomic E-state index is 0.741. The van der Waals surface area contributed by atoms with Crippen LogP contribution in [0.1, 0.15) is 44.9 Å². The van der Waals surface area contributed by atoms with Gasteiger partial charge in [0.05, 0.1) is 0 Å². The van der Waals surface area contributed by atoms with Crippen LogP contribution < -0.4 is 10.6 Å². The van der Waals surface area contributed by atoms with Crippen molar-refractivity contribution in [2.45, 2.75) is 44.9 Å². The van der Waals surface area contributed by atoms with E-state index in [0.29, 0.717) is 0 Å². The molecular formula is C17H29N5S. The molecule has 2 N–H and O–H groups in total. The molecule has 1 saturated heterocycles. The predicted molar refractivity (Wildman–Crippen MR) is 98.2 cm³/mol. The minimum absolute atomic E-state index is 0.741. The van der Waals surface area contributed by atoms with Crippen molar-refractivity contribution in [2.24, 2.45) is 16.6 Å². The number of aliphatic imine (C=N–C) groups is 1. The molecule has 5 nitrogen and oxygen atoms in total. The molecule has 1 aromatic rings. The Morgan fingerprint density at radius 1 is 1.13 bits per heavy atom. The van der Waals surface area contributed by atoms with E-state index in [0.717, 1.165) is 49.7 Å². The van der Waals surface area contributed by atoms with E-state index in [9.17, 15) is 0 Å². The van der Waals surface area contributed by atoms with Gasteiger partial charge < -0.3 is 15.5 Å². The number of aromatic nitrogens is 1. The third-order valence-electron chi connectivity index (χ3n) is 5.03. The molecule has 2 heterocycles. The summed E-state index contributed by atoms with van der Waals surface area (Å²) in [5.74, 6) is 1.48. The van der Waals surface area contributed by atoms with Crippen molar-refractivity contribution in [1.82, 2.24) is 9.88 Å². The van der Waals surface area contributed by atoms with E-state index in [1.165, 1.54) is 44.9 Å². The average Bonchev–Trinajstić information content (AvgIpc) is 3.08. The second-order valence-electron chi connectivity index (χ2n) is 6.70. The molecule has 6 heteroatoms. The van der Waals surface area contributed by atoms with Gasteiger partial charge >= 0.3 is 0 Å². The minimum Gasteiger partial charge on any atom is -0.370 e. The van der Waals surface area contributed by atoms with Crippen molar-refractivity contribution in [3.8, 4) is 0 Å². The van der Waals surface area contributed by atoms with Crippen LogP contribution in [0.15, 0.2) is 16.6 Å². The molecule has 1 aliphatic heterocycles. The standard InChI is InChI=1S/C17H29N5S/c18-16(20-14-15-6-4-2-1-3-5-7-15)21-9-11-22(12-10-21)17-19-8-13-23-17/h8,13,15H,1-7,9-12,14H2,(H2,18,20). The number of nitrogens with two attached hydrogens (primary N) is 1. The number of hydrogen-bond donors (Lipinski definition) is 1. The van der Waals surface area contributed by atoms with E-state index in [4.69, 9.17) is 10.7 Å². The lowest BCUT2D eigenvalue weighted by Crippen LogP contribution is -2.51. The lowest BCUT2D eigenvalue weighted by atomic mass is 9.91. The maximum absolute atomic E-state index is 6.24. The first-order valence-corrected chi connectivity index (χ1v) is 9.90. The maximum atomic E-state index is 6.24. The largest absolute Gasteiger partial charge is 0.370 e. The molecule has 1 saturated carbocycles. The summed E-state index contributed by atoms with van der Waals surface area (Å²) in [6.07, 6.45) is 11.5. The molecule has 2 fully saturated rings. The Kier molecular flexibility index (Phi) is 6.13. The van der Waals surface area contributed by atoms with E-state index in [2.05, 4.69) is 14.8 Å². The van der Waals surface area contributed by atoms with Gasteiger partial charge in [0.15, 0.2) is 11.1 Å². The normalized spacial score (nSPS) is 22.0. The fourth-order valence-electron chi connectivity index (χ4n) is 3.54. The van der Waals surface area contributed by atoms with Crippen LogP contribution in [0, 0.1) is 5.92 Å². The SMILES string of the molecule is NC(=NCC1CCCCCCC1)N1CCN(c2nccs2)CC1. The van der Waals surface area contributed by atoms with Crippen molar-refractivity contribution in [3.05, 3.63) is 11.6 Å². The molecule has 1 aliphatic carbocycles. The smallest absolute Gasteiger partial charge is 0.191 e. The van der Waals surface area contributed by atoms with Crippen LogP contribution in [0.4, 0.5) is 5.13 Å². The van der Waals surface area contributed by atoms with Crippen LogP contribution in [0.3, 0.4) is 0 Å². The molecule has 128 valence electrons. The van der Waals surface area contributed by atoms with Crippen LogP contribution in [0.25, 0.3) is 0 Å². The summed E-state index contributed by atoms with van der Waals surface area (Å²) in [4.78, 5) is 13.7. The number of thiazole rings is 1. The van der Waals surface area contributed by atoms with E-state index in [1.54, 1.807) is 11.3 Å². The fourth-order valence-corrected chi connectivity index (χ4v) is 4.24. The average molecular weight is 336 g/mol. The van der Waals surface area contributed by atoms with E-state index >= 15 is 0 Å². The zero-order valence-electron chi connectivity index (χ0n) is 14.0. The Hall–Kier alpha value is -1.30. The van der Waals surface area contributed by atoms with Crippen LogP contribution in [-0.4, -0.2) is 48.6 Å². The summed E-state index contributed by atoms with van der Waals surface area (Å²) in [6, 6.07) is 0. The van der Waals surface area contributed by atoms with E-state index in [1.807, 2.05) is 11.6 Å². The molecule has 1 aromatic heterocycles. The van der Waals surface area contributed by atoms with Crippen LogP contribution in [0.2, 0.25) is 0 Å². The monoisotopic (exact) mass is 335 g/mol. The lowest BCUT2D eigenvalue weighted by Gasteiger charge is -2.35. The number of piperazine rings is 1. The number of hydrogen-bond acceptors (Lipinski definition) is 4. The third-order valence-corrected chi connectivity index (χ3v) is 5.86. The molecule has 0 radical (unpaired) electrons. The highest BCUT2D eigenvalue weighted by atomic mass is 32.1. The van der Waals surface area contributed by atoms with Crippen LogP contribution in [0.5, 0.6) is 0 Å². The van der Waals surface area contributed by atoms with Gasteiger partial charge in [0.25, 0.3) is 0 Å². The molecule has 0 spiro atoms. The Bertz CT molecular complexity index is 471. The van der Waals surface area contributed by atoms with Crippen LogP contribution >= 0.6 is 11.3 Å². The van der Waals surface area contributed by atoms with Crippen LogP contribution in [-0.2, 0) is 0 Å². The Balaban J connectivity index is 1.45. The number of anilines is 1. The summed E-state index contributed by atoms with van der Waals surface area (Å²) in [7, 11) is 0. The number of nitrogens with zero attached hydrogens (tertiary/aromatic N) is 4. The summed E-state index contributed by atoms with van der Waals surface area (Å²) in [5, 5.41) is 3.15. The van der Waals surface area contributed by atoms with Gasteiger partial charge in [-0.15, -0.1) is 11.3 Å². The lowest BCUT2D eigenvalue weighted by molar-refractivity contribution is 0.368. The third kappa shape index (κ3) is 4.83.